The second kappa shape index (κ2) is 17.7. The van der Waals surface area contributed by atoms with Crippen LogP contribution in [0.3, 0.4) is 0 Å². The van der Waals surface area contributed by atoms with Gasteiger partial charge in [-0.15, -0.1) is 0 Å². The van der Waals surface area contributed by atoms with E-state index in [1.54, 1.807) is 4.90 Å². The van der Waals surface area contributed by atoms with E-state index in [1.165, 1.54) is 7.11 Å². The first-order chi connectivity index (χ1) is 28.4. The van der Waals surface area contributed by atoms with Crippen molar-refractivity contribution < 1.29 is 28.7 Å². The number of likely N-dealkylation sites (tertiary alicyclic amines) is 2. The van der Waals surface area contributed by atoms with Gasteiger partial charge in [0.1, 0.15) is 23.7 Å². The third kappa shape index (κ3) is 9.08. The Labute approximate surface area is 343 Å². The molecule has 5 aromatic rings. The molecule has 0 saturated carbocycles. The number of carbonyl (C=O) groups is 4. The smallest absolute Gasteiger partial charge is 0.414 e. The van der Waals surface area contributed by atoms with Crippen molar-refractivity contribution in [2.45, 2.75) is 90.4 Å². The number of hydrogen-bond donors (Lipinski definition) is 5. The highest BCUT2D eigenvalue weighted by Crippen LogP contribution is 2.36. The monoisotopic (exact) mass is 803 g/mol. The minimum Gasteiger partial charge on any atom is -0.453 e. The average molecular weight is 804 g/mol. The minimum atomic E-state index is -0.821. The largest absolute Gasteiger partial charge is 0.453 e. The Morgan fingerprint density at radius 3 is 1.54 bits per heavy atom. The Kier molecular flexibility index (Phi) is 12.3. The number of rotatable bonds is 13. The molecule has 0 spiro atoms. The van der Waals surface area contributed by atoms with Crippen LogP contribution >= 0.6 is 0 Å². The normalized spacial score (nSPS) is 17.7. The van der Waals surface area contributed by atoms with Crippen LogP contribution in [-0.4, -0.2) is 92.4 Å². The number of aromatic nitrogens is 4. The molecule has 15 heteroatoms. The van der Waals surface area contributed by atoms with Crippen LogP contribution in [-0.2, 0) is 19.1 Å². The van der Waals surface area contributed by atoms with E-state index in [-0.39, 0.29) is 35.7 Å². The molecule has 4 unspecified atom stereocenters. The van der Waals surface area contributed by atoms with Gasteiger partial charge in [-0.2, -0.15) is 0 Å². The first-order valence-corrected chi connectivity index (χ1v) is 20.4. The zero-order chi connectivity index (χ0) is 41.8. The number of benzene rings is 3. The summed E-state index contributed by atoms with van der Waals surface area (Å²) in [5, 5.41) is 12.4. The number of amides is 4. The lowest BCUT2D eigenvalue weighted by Gasteiger charge is -2.29. The van der Waals surface area contributed by atoms with Crippen molar-refractivity contribution in [2.24, 2.45) is 11.8 Å². The number of fused-ring (bicyclic) bond motifs is 2. The molecule has 4 amide bonds. The van der Waals surface area contributed by atoms with Crippen molar-refractivity contribution in [1.29, 1.82) is 5.41 Å². The van der Waals surface area contributed by atoms with Crippen LogP contribution in [0.15, 0.2) is 60.7 Å². The molecule has 2 saturated heterocycles. The molecular weight excluding hydrogens is 751 g/mol. The second-order valence-corrected chi connectivity index (χ2v) is 16.3. The maximum absolute atomic E-state index is 13.8. The summed E-state index contributed by atoms with van der Waals surface area (Å²) in [6, 6.07) is 18.7. The molecule has 4 atom stereocenters. The van der Waals surface area contributed by atoms with Gasteiger partial charge in [0.2, 0.25) is 11.8 Å². The molecule has 15 nitrogen and oxygen atoms in total. The average Bonchev–Trinajstić information content (AvgIpc) is 4.04. The standard InChI is InChI=1S/C44H53N9O6/c1-25(2)20-35(50-43(56)58-5)41(54)52-18-6-8-37(52)39-46-31-16-14-29(22-33(31)48-39)27-10-12-28(13-11-27)30-15-17-32-34(23-30)49-40(47-32)38-9-7-19-53(38)42(55)36(21-26(3)4)51-44(57)59-24-45/h10-17,22-26,35-38,45H,6-9,18-21H2,1-5H3,(H,46,48)(H,47,49)(H,50,56)(H,51,57). The van der Waals surface area contributed by atoms with Crippen LogP contribution in [0.2, 0.25) is 0 Å². The SMILES string of the molecule is COC(=O)NC(CC(C)C)C(=O)N1CCCC1c1nc2ccc(-c3ccc(-c4ccc5nc(C6CCCN6C(=O)C(CC(C)C)NC(=O)OC=N)[nH]c5c4)cc3)cc2[nH]1. The first kappa shape index (κ1) is 40.9. The molecule has 4 heterocycles. The van der Waals surface area contributed by atoms with Gasteiger partial charge in [-0.05, 0) is 96.9 Å². The molecule has 310 valence electrons. The maximum Gasteiger partial charge on any atom is 0.414 e. The molecule has 0 bridgehead atoms. The van der Waals surface area contributed by atoms with Crippen molar-refractivity contribution in [3.63, 3.8) is 0 Å². The van der Waals surface area contributed by atoms with E-state index in [9.17, 15) is 19.2 Å². The van der Waals surface area contributed by atoms with Gasteiger partial charge >= 0.3 is 12.2 Å². The van der Waals surface area contributed by atoms with Crippen LogP contribution < -0.4 is 10.6 Å². The summed E-state index contributed by atoms with van der Waals surface area (Å²) < 4.78 is 9.44. The molecule has 3 aromatic carbocycles. The van der Waals surface area contributed by atoms with Gasteiger partial charge in [0, 0.05) is 13.1 Å². The van der Waals surface area contributed by atoms with Crippen molar-refractivity contribution in [3.8, 4) is 22.3 Å². The Morgan fingerprint density at radius 1 is 0.712 bits per heavy atom. The molecule has 5 N–H and O–H groups in total. The predicted molar refractivity (Wildman–Crippen MR) is 224 cm³/mol. The highest BCUT2D eigenvalue weighted by molar-refractivity contribution is 5.89. The summed E-state index contributed by atoms with van der Waals surface area (Å²) in [4.78, 5) is 72.1. The minimum absolute atomic E-state index is 0.126. The Balaban J connectivity index is 1.05. The predicted octanol–water partition coefficient (Wildman–Crippen LogP) is 7.62. The lowest BCUT2D eigenvalue weighted by molar-refractivity contribution is -0.135. The lowest BCUT2D eigenvalue weighted by Crippen LogP contribution is -2.49. The number of hydrogen-bond acceptors (Lipinski definition) is 9. The molecule has 0 radical (unpaired) electrons. The molecule has 0 aliphatic carbocycles. The number of nitrogens with zero attached hydrogens (tertiary/aromatic N) is 4. The lowest BCUT2D eigenvalue weighted by atomic mass is 10.00. The van der Waals surface area contributed by atoms with E-state index in [1.807, 2.05) is 50.8 Å². The zero-order valence-corrected chi connectivity index (χ0v) is 34.2. The summed E-state index contributed by atoms with van der Waals surface area (Å²) in [6.07, 6.45) is 3.25. The summed E-state index contributed by atoms with van der Waals surface area (Å²) in [7, 11) is 1.30. The fraction of sp³-hybridized carbons (Fsp3) is 0.432. The Bertz CT molecular complexity index is 2330. The first-order valence-electron chi connectivity index (χ1n) is 20.4. The van der Waals surface area contributed by atoms with E-state index < -0.39 is 24.3 Å². The third-order valence-corrected chi connectivity index (χ3v) is 11.2. The van der Waals surface area contributed by atoms with Gasteiger partial charge in [0.25, 0.3) is 0 Å². The van der Waals surface area contributed by atoms with Crippen LogP contribution in [0.4, 0.5) is 9.59 Å². The molecule has 2 aliphatic heterocycles. The zero-order valence-electron chi connectivity index (χ0n) is 34.2. The fourth-order valence-corrected chi connectivity index (χ4v) is 8.44. The van der Waals surface area contributed by atoms with Crippen molar-refractivity contribution in [2.75, 3.05) is 20.2 Å². The highest BCUT2D eigenvalue weighted by Gasteiger charge is 2.38. The van der Waals surface area contributed by atoms with Crippen molar-refractivity contribution in [1.82, 2.24) is 40.4 Å². The number of carbonyl (C=O) groups excluding carboxylic acids is 4. The summed E-state index contributed by atoms with van der Waals surface area (Å²) in [5.41, 5.74) is 7.50. The molecule has 2 fully saturated rings. The van der Waals surface area contributed by atoms with E-state index >= 15 is 0 Å². The molecule has 2 aromatic heterocycles. The molecule has 59 heavy (non-hydrogen) atoms. The number of nitrogens with one attached hydrogen (secondary N) is 5. The topological polar surface area (TPSA) is 198 Å². The molecular formula is C44H53N9O6. The van der Waals surface area contributed by atoms with Crippen molar-refractivity contribution in [3.05, 3.63) is 72.3 Å². The Hall–Kier alpha value is -6.25. The van der Waals surface area contributed by atoms with Crippen LogP contribution in [0.5, 0.6) is 0 Å². The maximum atomic E-state index is 13.8. The van der Waals surface area contributed by atoms with Gasteiger partial charge in [-0.25, -0.2) is 19.6 Å². The molecule has 2 aliphatic rings. The summed E-state index contributed by atoms with van der Waals surface area (Å²) in [5.74, 6) is 1.48. The highest BCUT2D eigenvalue weighted by atomic mass is 16.5. The number of methoxy groups -OCH3 is 1. The summed E-state index contributed by atoms with van der Waals surface area (Å²) in [6.45, 7) is 9.16. The number of aromatic amines is 2. The van der Waals surface area contributed by atoms with Gasteiger partial charge in [0.05, 0.1) is 41.3 Å². The van der Waals surface area contributed by atoms with Gasteiger partial charge in [-0.3, -0.25) is 15.0 Å². The van der Waals surface area contributed by atoms with E-state index in [0.717, 1.165) is 75.8 Å². The van der Waals surface area contributed by atoms with Crippen LogP contribution in [0.25, 0.3) is 44.3 Å². The van der Waals surface area contributed by atoms with Gasteiger partial charge in [0.15, 0.2) is 6.40 Å². The van der Waals surface area contributed by atoms with Crippen molar-refractivity contribution >= 4 is 52.5 Å². The molecule has 7 rings (SSSR count). The second-order valence-electron chi connectivity index (χ2n) is 16.3. The van der Waals surface area contributed by atoms with E-state index in [2.05, 4.69) is 67.8 Å². The third-order valence-electron chi connectivity index (χ3n) is 11.2. The van der Waals surface area contributed by atoms with E-state index in [4.69, 9.17) is 20.1 Å². The van der Waals surface area contributed by atoms with Gasteiger partial charge in [-0.1, -0.05) is 64.1 Å². The van der Waals surface area contributed by atoms with Crippen LogP contribution in [0.1, 0.15) is 90.0 Å². The quantitative estimate of drug-likeness (QED) is 0.0591. The fourth-order valence-electron chi connectivity index (χ4n) is 8.44. The number of alkyl carbamates (subject to hydrolysis) is 2. The number of H-pyrrole nitrogens is 2. The Morgan fingerprint density at radius 2 is 1.14 bits per heavy atom. The van der Waals surface area contributed by atoms with Crippen LogP contribution in [0, 0.1) is 17.2 Å². The summed E-state index contributed by atoms with van der Waals surface area (Å²) >= 11 is 0. The van der Waals surface area contributed by atoms with E-state index in [0.29, 0.717) is 38.2 Å². The number of imidazole rings is 2. The van der Waals surface area contributed by atoms with Gasteiger partial charge < -0.3 is 39.9 Å². The number of ether oxygens (including phenoxy) is 2.